The number of benzene rings is 1. The van der Waals surface area contributed by atoms with Gasteiger partial charge >= 0.3 is 0 Å². The summed E-state index contributed by atoms with van der Waals surface area (Å²) in [7, 11) is 1.65. The molecule has 1 aromatic heterocycles. The Hall–Kier alpha value is -2.73. The van der Waals surface area contributed by atoms with Crippen LogP contribution in [0.4, 0.5) is 10.1 Å². The predicted octanol–water partition coefficient (Wildman–Crippen LogP) is 2.76. The summed E-state index contributed by atoms with van der Waals surface area (Å²) in [5, 5.41) is 2.74. The molecule has 0 unspecified atom stereocenters. The molecule has 0 spiro atoms. The number of hydrogen-bond acceptors (Lipinski definition) is 4. The molecule has 2 aromatic rings. The molecule has 24 heavy (non-hydrogen) atoms. The molecule has 0 fully saturated rings. The lowest BCUT2D eigenvalue weighted by Crippen LogP contribution is -2.05. The lowest BCUT2D eigenvalue weighted by Gasteiger charge is -2.05. The van der Waals surface area contributed by atoms with Gasteiger partial charge in [0.05, 0.1) is 17.9 Å². The summed E-state index contributed by atoms with van der Waals surface area (Å²) >= 11 is 0. The van der Waals surface area contributed by atoms with Crippen LogP contribution in [0.25, 0.3) is 11.3 Å². The average molecular weight is 326 g/mol. The highest BCUT2D eigenvalue weighted by atomic mass is 19.1. The molecule has 1 aromatic carbocycles. The number of hydrogen-bond donors (Lipinski definition) is 1. The van der Waals surface area contributed by atoms with Gasteiger partial charge in [0.2, 0.25) is 0 Å². The van der Waals surface area contributed by atoms with Crippen LogP contribution < -0.4 is 5.32 Å². The van der Waals surface area contributed by atoms with Gasteiger partial charge < -0.3 is 14.8 Å². The number of nitrogens with zero attached hydrogens (tertiary/aromatic N) is 1. The number of pyridine rings is 1. The van der Waals surface area contributed by atoms with Gasteiger partial charge in [-0.2, -0.15) is 0 Å². The molecule has 122 valence electrons. The number of anilines is 1. The monoisotopic (exact) mass is 326 g/mol. The quantitative estimate of drug-likeness (QED) is 0.881. The number of ether oxygens (including phenoxy) is 2. The van der Waals surface area contributed by atoms with E-state index in [0.29, 0.717) is 42.2 Å². The first-order chi connectivity index (χ1) is 11.7. The third-order valence-electron chi connectivity index (χ3n) is 4.15. The first-order valence-electron chi connectivity index (χ1n) is 7.64. The van der Waals surface area contributed by atoms with Gasteiger partial charge in [0.25, 0.3) is 5.91 Å². The fraction of sp³-hybridized carbons (Fsp3) is 0.222. The van der Waals surface area contributed by atoms with Gasteiger partial charge in [-0.3, -0.25) is 9.78 Å². The minimum atomic E-state index is -0.394. The Balaban J connectivity index is 1.79. The van der Waals surface area contributed by atoms with E-state index in [1.54, 1.807) is 13.2 Å². The second-order valence-corrected chi connectivity index (χ2v) is 5.68. The van der Waals surface area contributed by atoms with Crippen LogP contribution in [0.3, 0.4) is 0 Å². The number of nitrogens with one attached hydrogen (secondary N) is 1. The Bertz CT molecular complexity index is 877. The zero-order chi connectivity index (χ0) is 16.7. The van der Waals surface area contributed by atoms with Crippen molar-refractivity contribution in [2.75, 3.05) is 19.0 Å². The zero-order valence-electron chi connectivity index (χ0n) is 13.1. The van der Waals surface area contributed by atoms with E-state index in [-0.39, 0.29) is 5.91 Å². The fourth-order valence-corrected chi connectivity index (χ4v) is 3.00. The first kappa shape index (κ1) is 14.8. The molecule has 6 heteroatoms. The highest BCUT2D eigenvalue weighted by Gasteiger charge is 2.33. The molecular formula is C18H15FN2O3. The molecule has 4 rings (SSSR count). The Morgan fingerprint density at radius 3 is 3.00 bits per heavy atom. The number of carbonyl (C=O) groups excluding carboxylic acids is 1. The van der Waals surface area contributed by atoms with Crippen molar-refractivity contribution in [3.8, 4) is 0 Å². The topological polar surface area (TPSA) is 60.5 Å². The lowest BCUT2D eigenvalue weighted by molar-refractivity contribution is -0.110. The number of amides is 1. The lowest BCUT2D eigenvalue weighted by atomic mass is 10.0. The largest absolute Gasteiger partial charge is 0.486 e. The second-order valence-electron chi connectivity index (χ2n) is 5.68. The molecular weight excluding hydrogens is 311 g/mol. The number of fused-ring (bicyclic) bond motifs is 2. The summed E-state index contributed by atoms with van der Waals surface area (Å²) in [6.07, 6.45) is 0.713. The maximum absolute atomic E-state index is 13.6. The van der Waals surface area contributed by atoms with Crippen molar-refractivity contribution in [3.05, 3.63) is 58.7 Å². The van der Waals surface area contributed by atoms with Crippen molar-refractivity contribution in [1.82, 2.24) is 4.98 Å². The van der Waals surface area contributed by atoms with Gasteiger partial charge in [-0.15, -0.1) is 0 Å². The average Bonchev–Trinajstić information content (AvgIpc) is 3.12. The maximum Gasteiger partial charge on any atom is 0.260 e. The zero-order valence-corrected chi connectivity index (χ0v) is 13.1. The standard InChI is InChI=1S/C18H15FN2O3/c1-23-7-6-11-3-4-12-15(20-11)9-24-17(12)16-13-8-10(19)2-5-14(13)21-18(16)22/h2-5,8H,6-7,9H2,1H3,(H,21,22)/b17-16+. The molecule has 0 saturated carbocycles. The molecule has 2 aliphatic heterocycles. The summed E-state index contributed by atoms with van der Waals surface area (Å²) in [5.41, 5.74) is 3.93. The number of methoxy groups -OCH3 is 1. The van der Waals surface area contributed by atoms with E-state index in [0.717, 1.165) is 17.0 Å². The van der Waals surface area contributed by atoms with Gasteiger partial charge in [-0.25, -0.2) is 4.39 Å². The highest BCUT2D eigenvalue weighted by Crippen LogP contribution is 2.41. The fourth-order valence-electron chi connectivity index (χ4n) is 3.00. The van der Waals surface area contributed by atoms with Crippen LogP contribution in [0.2, 0.25) is 0 Å². The third kappa shape index (κ3) is 2.35. The minimum absolute atomic E-state index is 0.290. The Morgan fingerprint density at radius 2 is 2.17 bits per heavy atom. The van der Waals surface area contributed by atoms with Gasteiger partial charge in [0.15, 0.2) is 0 Å². The SMILES string of the molecule is COCCc1ccc2c(n1)CO/C2=C1/C(=O)Nc2ccc(F)cc21. The molecule has 5 nitrogen and oxygen atoms in total. The van der Waals surface area contributed by atoms with Gasteiger partial charge in [-0.05, 0) is 30.3 Å². The highest BCUT2D eigenvalue weighted by molar-refractivity contribution is 6.36. The van der Waals surface area contributed by atoms with Gasteiger partial charge in [0.1, 0.15) is 18.2 Å². The van der Waals surface area contributed by atoms with Crippen LogP contribution >= 0.6 is 0 Å². The Kier molecular flexibility index (Phi) is 3.54. The van der Waals surface area contributed by atoms with Crippen LogP contribution in [-0.4, -0.2) is 24.6 Å². The number of aromatic nitrogens is 1. The van der Waals surface area contributed by atoms with Crippen molar-refractivity contribution >= 4 is 22.9 Å². The van der Waals surface area contributed by atoms with Crippen LogP contribution in [-0.2, 0) is 27.3 Å². The molecule has 1 amide bonds. The van der Waals surface area contributed by atoms with Crippen LogP contribution in [0.1, 0.15) is 22.5 Å². The molecule has 0 radical (unpaired) electrons. The molecule has 3 heterocycles. The Labute approximate surface area is 138 Å². The molecule has 2 aliphatic rings. The van der Waals surface area contributed by atoms with Crippen molar-refractivity contribution < 1.29 is 18.7 Å². The van der Waals surface area contributed by atoms with Crippen LogP contribution in [0.5, 0.6) is 0 Å². The first-order valence-corrected chi connectivity index (χ1v) is 7.64. The molecule has 0 saturated heterocycles. The van der Waals surface area contributed by atoms with Gasteiger partial charge in [0, 0.05) is 36.0 Å². The number of halogens is 1. The summed E-state index contributed by atoms with van der Waals surface area (Å²) in [4.78, 5) is 16.9. The maximum atomic E-state index is 13.6. The van der Waals surface area contributed by atoms with Crippen molar-refractivity contribution in [2.24, 2.45) is 0 Å². The van der Waals surface area contributed by atoms with E-state index in [1.165, 1.54) is 12.1 Å². The molecule has 0 bridgehead atoms. The van der Waals surface area contributed by atoms with E-state index in [9.17, 15) is 9.18 Å². The number of rotatable bonds is 3. The molecule has 0 aliphatic carbocycles. The summed E-state index contributed by atoms with van der Waals surface area (Å²) < 4.78 is 24.4. The number of carbonyl (C=O) groups is 1. The minimum Gasteiger partial charge on any atom is -0.486 e. The molecule has 0 atom stereocenters. The van der Waals surface area contributed by atoms with E-state index < -0.39 is 5.82 Å². The summed E-state index contributed by atoms with van der Waals surface area (Å²) in [5.74, 6) is -0.228. The Morgan fingerprint density at radius 1 is 1.29 bits per heavy atom. The van der Waals surface area contributed by atoms with Crippen LogP contribution in [0, 0.1) is 5.82 Å². The van der Waals surface area contributed by atoms with E-state index in [4.69, 9.17) is 9.47 Å². The van der Waals surface area contributed by atoms with E-state index >= 15 is 0 Å². The predicted molar refractivity (Wildman–Crippen MR) is 86.4 cm³/mol. The van der Waals surface area contributed by atoms with E-state index in [2.05, 4.69) is 10.3 Å². The van der Waals surface area contributed by atoms with Crippen molar-refractivity contribution in [3.63, 3.8) is 0 Å². The normalized spacial score (nSPS) is 18.2. The smallest absolute Gasteiger partial charge is 0.260 e. The van der Waals surface area contributed by atoms with E-state index in [1.807, 2.05) is 12.1 Å². The van der Waals surface area contributed by atoms with Gasteiger partial charge in [-0.1, -0.05) is 0 Å². The summed E-state index contributed by atoms with van der Waals surface area (Å²) in [6.45, 7) is 0.891. The van der Waals surface area contributed by atoms with Crippen molar-refractivity contribution in [1.29, 1.82) is 0 Å². The molecule has 1 N–H and O–H groups in total. The third-order valence-corrected chi connectivity index (χ3v) is 4.15. The summed E-state index contributed by atoms with van der Waals surface area (Å²) in [6, 6.07) is 8.01. The van der Waals surface area contributed by atoms with Crippen LogP contribution in [0.15, 0.2) is 30.3 Å². The second kappa shape index (κ2) is 5.72. The van der Waals surface area contributed by atoms with Crippen molar-refractivity contribution in [2.45, 2.75) is 13.0 Å².